The fourth-order valence-corrected chi connectivity index (χ4v) is 3.76. The fraction of sp³-hybridized carbons (Fsp3) is 0.238. The summed E-state index contributed by atoms with van der Waals surface area (Å²) in [6, 6.07) is 15.9. The van der Waals surface area contributed by atoms with Crippen molar-refractivity contribution >= 4 is 34.9 Å². The SMILES string of the molecule is O=C(NCc1ccccc1)[C@@H](c1ccc(Cl)cc1)N(C(=O)c1csnn1)C1CC1. The molecule has 1 aromatic heterocycles. The summed E-state index contributed by atoms with van der Waals surface area (Å²) in [4.78, 5) is 28.1. The zero-order valence-electron chi connectivity index (χ0n) is 15.5. The van der Waals surface area contributed by atoms with Gasteiger partial charge in [0.2, 0.25) is 5.91 Å². The Morgan fingerprint density at radius 1 is 1.14 bits per heavy atom. The summed E-state index contributed by atoms with van der Waals surface area (Å²) >= 11 is 7.15. The molecule has 0 unspecified atom stereocenters. The minimum Gasteiger partial charge on any atom is -0.350 e. The maximum absolute atomic E-state index is 13.3. The average molecular weight is 427 g/mol. The summed E-state index contributed by atoms with van der Waals surface area (Å²) in [5, 5.41) is 9.07. The van der Waals surface area contributed by atoms with Crippen LogP contribution in [0.3, 0.4) is 0 Å². The monoisotopic (exact) mass is 426 g/mol. The molecule has 3 aromatic rings. The maximum atomic E-state index is 13.3. The summed E-state index contributed by atoms with van der Waals surface area (Å²) in [6.45, 7) is 0.384. The van der Waals surface area contributed by atoms with Crippen molar-refractivity contribution in [2.45, 2.75) is 31.5 Å². The second-order valence-electron chi connectivity index (χ2n) is 6.89. The number of amides is 2. The van der Waals surface area contributed by atoms with Crippen molar-refractivity contribution in [1.29, 1.82) is 0 Å². The molecule has 1 heterocycles. The van der Waals surface area contributed by atoms with E-state index in [0.717, 1.165) is 29.9 Å². The van der Waals surface area contributed by atoms with Gasteiger partial charge >= 0.3 is 0 Å². The molecule has 1 fully saturated rings. The Morgan fingerprint density at radius 3 is 2.48 bits per heavy atom. The van der Waals surface area contributed by atoms with E-state index in [2.05, 4.69) is 14.9 Å². The van der Waals surface area contributed by atoms with Crippen LogP contribution in [0.1, 0.15) is 40.5 Å². The van der Waals surface area contributed by atoms with E-state index >= 15 is 0 Å². The average Bonchev–Trinajstić information content (AvgIpc) is 3.43. The lowest BCUT2D eigenvalue weighted by Crippen LogP contribution is -2.45. The van der Waals surface area contributed by atoms with Gasteiger partial charge in [-0.15, -0.1) is 5.10 Å². The molecule has 1 aliphatic carbocycles. The van der Waals surface area contributed by atoms with Crippen LogP contribution < -0.4 is 5.32 Å². The van der Waals surface area contributed by atoms with Crippen molar-refractivity contribution in [2.24, 2.45) is 0 Å². The van der Waals surface area contributed by atoms with Crippen LogP contribution in [0.2, 0.25) is 5.02 Å². The third kappa shape index (κ3) is 4.63. The first-order valence-corrected chi connectivity index (χ1v) is 10.5. The summed E-state index contributed by atoms with van der Waals surface area (Å²) in [5.41, 5.74) is 1.96. The number of nitrogens with one attached hydrogen (secondary N) is 1. The summed E-state index contributed by atoms with van der Waals surface area (Å²) in [7, 11) is 0. The normalized spacial score (nSPS) is 14.2. The van der Waals surface area contributed by atoms with Crippen molar-refractivity contribution in [2.75, 3.05) is 0 Å². The molecule has 8 heteroatoms. The quantitative estimate of drug-likeness (QED) is 0.622. The minimum absolute atomic E-state index is 0.00681. The summed E-state index contributed by atoms with van der Waals surface area (Å²) in [6.07, 6.45) is 1.72. The first-order chi connectivity index (χ1) is 14.1. The highest BCUT2D eigenvalue weighted by Crippen LogP contribution is 2.36. The van der Waals surface area contributed by atoms with Crippen molar-refractivity contribution < 1.29 is 9.59 Å². The summed E-state index contributed by atoms with van der Waals surface area (Å²) < 4.78 is 3.80. The zero-order valence-corrected chi connectivity index (χ0v) is 17.1. The minimum atomic E-state index is -0.766. The van der Waals surface area contributed by atoms with Crippen LogP contribution in [-0.4, -0.2) is 32.3 Å². The lowest BCUT2D eigenvalue weighted by Gasteiger charge is -2.31. The molecule has 29 heavy (non-hydrogen) atoms. The Hall–Kier alpha value is -2.77. The van der Waals surface area contributed by atoms with E-state index in [1.54, 1.807) is 34.5 Å². The van der Waals surface area contributed by atoms with Gasteiger partial charge in [0.05, 0.1) is 0 Å². The Bertz CT molecular complexity index is 976. The molecule has 1 N–H and O–H groups in total. The zero-order chi connectivity index (χ0) is 20.2. The third-order valence-electron chi connectivity index (χ3n) is 4.78. The molecule has 0 spiro atoms. The van der Waals surface area contributed by atoms with Crippen LogP contribution in [0.15, 0.2) is 60.0 Å². The van der Waals surface area contributed by atoms with Crippen LogP contribution in [-0.2, 0) is 11.3 Å². The lowest BCUT2D eigenvalue weighted by atomic mass is 10.0. The van der Waals surface area contributed by atoms with E-state index < -0.39 is 6.04 Å². The second kappa shape index (κ2) is 8.71. The van der Waals surface area contributed by atoms with Crippen molar-refractivity contribution in [3.8, 4) is 0 Å². The van der Waals surface area contributed by atoms with Crippen LogP contribution >= 0.6 is 23.1 Å². The Kier molecular flexibility index (Phi) is 5.87. The largest absolute Gasteiger partial charge is 0.350 e. The predicted octanol–water partition coefficient (Wildman–Crippen LogP) is 3.85. The molecule has 1 saturated carbocycles. The predicted molar refractivity (Wildman–Crippen MR) is 112 cm³/mol. The number of nitrogens with zero attached hydrogens (tertiary/aromatic N) is 3. The molecule has 1 atom stereocenters. The smallest absolute Gasteiger partial charge is 0.276 e. The van der Waals surface area contributed by atoms with Gasteiger partial charge in [0.25, 0.3) is 5.91 Å². The first kappa shape index (κ1) is 19.5. The van der Waals surface area contributed by atoms with Gasteiger partial charge in [-0.3, -0.25) is 9.59 Å². The molecule has 0 aliphatic heterocycles. The lowest BCUT2D eigenvalue weighted by molar-refractivity contribution is -0.126. The molecular formula is C21H19ClN4O2S. The second-order valence-corrected chi connectivity index (χ2v) is 7.94. The van der Waals surface area contributed by atoms with Crippen molar-refractivity contribution in [1.82, 2.24) is 19.8 Å². The van der Waals surface area contributed by atoms with Crippen molar-refractivity contribution in [3.05, 3.63) is 81.8 Å². The number of rotatable bonds is 7. The van der Waals surface area contributed by atoms with Gasteiger partial charge in [-0.2, -0.15) is 0 Å². The molecule has 2 aromatic carbocycles. The molecule has 0 radical (unpaired) electrons. The van der Waals surface area contributed by atoms with E-state index in [9.17, 15) is 9.59 Å². The number of halogens is 1. The van der Waals surface area contributed by atoms with Gasteiger partial charge in [0.15, 0.2) is 5.69 Å². The van der Waals surface area contributed by atoms with Gasteiger partial charge in [-0.05, 0) is 47.6 Å². The molecule has 0 saturated heterocycles. The third-order valence-corrected chi connectivity index (χ3v) is 5.53. The van der Waals surface area contributed by atoms with E-state index in [1.807, 2.05) is 30.3 Å². The van der Waals surface area contributed by atoms with Crippen LogP contribution in [0.4, 0.5) is 0 Å². The number of hydrogen-bond donors (Lipinski definition) is 1. The van der Waals surface area contributed by atoms with Gasteiger partial charge in [-0.25, -0.2) is 0 Å². The number of carbonyl (C=O) groups is 2. The number of benzene rings is 2. The van der Waals surface area contributed by atoms with E-state index in [4.69, 9.17) is 11.6 Å². The van der Waals surface area contributed by atoms with Crippen LogP contribution in [0, 0.1) is 0 Å². The topological polar surface area (TPSA) is 75.2 Å². The highest BCUT2D eigenvalue weighted by Gasteiger charge is 2.42. The molecule has 6 nitrogen and oxygen atoms in total. The standard InChI is InChI=1S/C21H19ClN4O2S/c22-16-8-6-15(7-9-16)19(20(27)23-12-14-4-2-1-3-5-14)26(17-10-11-17)21(28)18-13-29-25-24-18/h1-9,13,17,19H,10-12H2,(H,23,27)/t19-/m1/s1. The van der Waals surface area contributed by atoms with Gasteiger partial charge in [0, 0.05) is 23.0 Å². The number of aromatic nitrogens is 2. The van der Waals surface area contributed by atoms with Crippen molar-refractivity contribution in [3.63, 3.8) is 0 Å². The Morgan fingerprint density at radius 2 is 1.86 bits per heavy atom. The number of hydrogen-bond acceptors (Lipinski definition) is 5. The maximum Gasteiger partial charge on any atom is 0.276 e. The molecule has 0 bridgehead atoms. The Balaban J connectivity index is 1.64. The molecular weight excluding hydrogens is 408 g/mol. The van der Waals surface area contributed by atoms with Crippen LogP contribution in [0.25, 0.3) is 0 Å². The number of carbonyl (C=O) groups excluding carboxylic acids is 2. The molecule has 148 valence electrons. The highest BCUT2D eigenvalue weighted by molar-refractivity contribution is 7.03. The molecule has 1 aliphatic rings. The molecule has 4 rings (SSSR count). The van der Waals surface area contributed by atoms with Gasteiger partial charge < -0.3 is 10.2 Å². The van der Waals surface area contributed by atoms with E-state index in [1.165, 1.54) is 0 Å². The summed E-state index contributed by atoms with van der Waals surface area (Å²) in [5.74, 6) is -0.518. The van der Waals surface area contributed by atoms with Gasteiger partial charge in [0.1, 0.15) is 6.04 Å². The van der Waals surface area contributed by atoms with Crippen LogP contribution in [0.5, 0.6) is 0 Å². The molecule has 2 amide bonds. The highest BCUT2D eigenvalue weighted by atomic mass is 35.5. The van der Waals surface area contributed by atoms with E-state index in [-0.39, 0.29) is 23.6 Å². The van der Waals surface area contributed by atoms with E-state index in [0.29, 0.717) is 17.1 Å². The first-order valence-electron chi connectivity index (χ1n) is 9.30. The van der Waals surface area contributed by atoms with Gasteiger partial charge in [-0.1, -0.05) is 58.6 Å². The Labute approximate surface area is 177 Å². The fourth-order valence-electron chi connectivity index (χ4n) is 3.20.